The molecule has 0 aromatic heterocycles. The van der Waals surface area contributed by atoms with E-state index in [-0.39, 0.29) is 0 Å². The van der Waals surface area contributed by atoms with Gasteiger partial charge in [-0.3, -0.25) is 0 Å². The third-order valence-corrected chi connectivity index (χ3v) is 2.07. The fraction of sp³-hybridized carbons (Fsp3) is 0.222. The molecule has 0 amide bonds. The zero-order chi connectivity index (χ0) is 8.97. The second-order valence-electron chi connectivity index (χ2n) is 2.64. The Labute approximate surface area is 80.0 Å². The van der Waals surface area contributed by atoms with Crippen molar-refractivity contribution in [2.24, 2.45) is 5.16 Å². The Bertz CT molecular complexity index is 279. The molecular formula is C9H10BrNO. The number of halogens is 1. The van der Waals surface area contributed by atoms with Crippen molar-refractivity contribution in [3.05, 3.63) is 34.3 Å². The third-order valence-electron chi connectivity index (χ3n) is 1.54. The van der Waals surface area contributed by atoms with Crippen LogP contribution >= 0.6 is 15.9 Å². The van der Waals surface area contributed by atoms with Gasteiger partial charge >= 0.3 is 0 Å². The molecule has 0 bridgehead atoms. The molecule has 1 aromatic carbocycles. The molecule has 0 aliphatic carbocycles. The first-order valence-corrected chi connectivity index (χ1v) is 4.43. The highest BCUT2D eigenvalue weighted by molar-refractivity contribution is 9.10. The summed E-state index contributed by atoms with van der Waals surface area (Å²) in [6.07, 6.45) is 0.698. The van der Waals surface area contributed by atoms with Crippen molar-refractivity contribution in [2.45, 2.75) is 13.3 Å². The average molecular weight is 228 g/mol. The van der Waals surface area contributed by atoms with Gasteiger partial charge in [0.2, 0.25) is 0 Å². The van der Waals surface area contributed by atoms with E-state index in [1.807, 2.05) is 24.3 Å². The summed E-state index contributed by atoms with van der Waals surface area (Å²) in [4.78, 5) is 0. The first-order valence-electron chi connectivity index (χ1n) is 3.64. The van der Waals surface area contributed by atoms with Crippen LogP contribution in [-0.2, 0) is 6.42 Å². The van der Waals surface area contributed by atoms with Crippen LogP contribution in [0.4, 0.5) is 0 Å². The Balaban J connectivity index is 2.71. The maximum absolute atomic E-state index is 8.43. The van der Waals surface area contributed by atoms with E-state index in [4.69, 9.17) is 5.21 Å². The average Bonchev–Trinajstić information content (AvgIpc) is 2.09. The van der Waals surface area contributed by atoms with E-state index in [1.165, 1.54) is 0 Å². The Hall–Kier alpha value is -0.830. The first-order chi connectivity index (χ1) is 5.72. The fourth-order valence-corrected chi connectivity index (χ4v) is 1.20. The number of hydrogen-bond acceptors (Lipinski definition) is 2. The van der Waals surface area contributed by atoms with Crippen LogP contribution in [0.15, 0.2) is 33.9 Å². The number of nitrogens with zero attached hydrogens (tertiary/aromatic N) is 1. The van der Waals surface area contributed by atoms with Crippen molar-refractivity contribution in [1.82, 2.24) is 0 Å². The molecule has 3 heteroatoms. The van der Waals surface area contributed by atoms with Crippen LogP contribution < -0.4 is 0 Å². The molecule has 0 radical (unpaired) electrons. The van der Waals surface area contributed by atoms with Crippen LogP contribution in [0.25, 0.3) is 0 Å². The summed E-state index contributed by atoms with van der Waals surface area (Å²) in [5.74, 6) is 0. The molecule has 0 atom stereocenters. The molecule has 0 aliphatic heterocycles. The molecule has 64 valence electrons. The van der Waals surface area contributed by atoms with Gasteiger partial charge in [0.25, 0.3) is 0 Å². The number of rotatable bonds is 2. The molecule has 1 N–H and O–H groups in total. The topological polar surface area (TPSA) is 32.6 Å². The van der Waals surface area contributed by atoms with Gasteiger partial charge in [-0.05, 0) is 24.6 Å². The van der Waals surface area contributed by atoms with Gasteiger partial charge in [-0.1, -0.05) is 33.2 Å². The van der Waals surface area contributed by atoms with E-state index in [2.05, 4.69) is 21.1 Å². The molecule has 0 unspecified atom stereocenters. The summed E-state index contributed by atoms with van der Waals surface area (Å²) in [5.41, 5.74) is 1.87. The molecule has 0 saturated heterocycles. The zero-order valence-corrected chi connectivity index (χ0v) is 8.37. The van der Waals surface area contributed by atoms with Crippen LogP contribution in [0, 0.1) is 0 Å². The Morgan fingerprint density at radius 1 is 1.42 bits per heavy atom. The lowest BCUT2D eigenvalue weighted by Crippen LogP contribution is -1.96. The summed E-state index contributed by atoms with van der Waals surface area (Å²) < 4.78 is 1.06. The van der Waals surface area contributed by atoms with Crippen LogP contribution in [0.2, 0.25) is 0 Å². The maximum Gasteiger partial charge on any atom is 0.0583 e. The molecule has 0 aliphatic rings. The quantitative estimate of drug-likeness (QED) is 0.471. The van der Waals surface area contributed by atoms with Gasteiger partial charge in [-0.2, -0.15) is 0 Å². The molecule has 0 fully saturated rings. The molecule has 0 heterocycles. The van der Waals surface area contributed by atoms with E-state index in [0.717, 1.165) is 15.7 Å². The minimum Gasteiger partial charge on any atom is -0.411 e. The predicted octanol–water partition coefficient (Wildman–Crippen LogP) is 2.84. The van der Waals surface area contributed by atoms with Crippen molar-refractivity contribution >= 4 is 21.6 Å². The molecule has 12 heavy (non-hydrogen) atoms. The lowest BCUT2D eigenvalue weighted by molar-refractivity contribution is 0.317. The van der Waals surface area contributed by atoms with Crippen LogP contribution in [0.3, 0.4) is 0 Å². The van der Waals surface area contributed by atoms with Crippen LogP contribution in [0.5, 0.6) is 0 Å². The highest BCUT2D eigenvalue weighted by atomic mass is 79.9. The van der Waals surface area contributed by atoms with Crippen molar-refractivity contribution in [3.63, 3.8) is 0 Å². The van der Waals surface area contributed by atoms with Gasteiger partial charge in [0.05, 0.1) is 5.71 Å². The lowest BCUT2D eigenvalue weighted by Gasteiger charge is -1.98. The number of oxime groups is 1. The van der Waals surface area contributed by atoms with Crippen molar-refractivity contribution in [3.8, 4) is 0 Å². The smallest absolute Gasteiger partial charge is 0.0583 e. The van der Waals surface area contributed by atoms with E-state index in [0.29, 0.717) is 6.42 Å². The SMILES string of the molecule is C/C(Cc1ccc(Br)cc1)=N/O. The number of benzene rings is 1. The minimum absolute atomic E-state index is 0.698. The lowest BCUT2D eigenvalue weighted by atomic mass is 10.1. The first kappa shape index (κ1) is 9.26. The second kappa shape index (κ2) is 4.26. The fourth-order valence-electron chi connectivity index (χ4n) is 0.933. The van der Waals surface area contributed by atoms with Crippen molar-refractivity contribution < 1.29 is 5.21 Å². The van der Waals surface area contributed by atoms with Crippen molar-refractivity contribution in [1.29, 1.82) is 0 Å². The summed E-state index contributed by atoms with van der Waals surface area (Å²) in [6.45, 7) is 1.79. The van der Waals surface area contributed by atoms with Gasteiger partial charge in [0, 0.05) is 10.9 Å². The van der Waals surface area contributed by atoms with Gasteiger partial charge in [-0.25, -0.2) is 0 Å². The summed E-state index contributed by atoms with van der Waals surface area (Å²) in [5, 5.41) is 11.5. The number of hydrogen-bond donors (Lipinski definition) is 1. The standard InChI is InChI=1S/C9H10BrNO/c1-7(11-12)6-8-2-4-9(10)5-3-8/h2-5,12H,6H2,1H3/b11-7-. The monoisotopic (exact) mass is 227 g/mol. The van der Waals surface area contributed by atoms with E-state index in [1.54, 1.807) is 6.92 Å². The van der Waals surface area contributed by atoms with E-state index in [9.17, 15) is 0 Å². The zero-order valence-electron chi connectivity index (χ0n) is 6.79. The third kappa shape index (κ3) is 2.66. The Morgan fingerprint density at radius 2 is 2.00 bits per heavy atom. The van der Waals surface area contributed by atoms with Crippen molar-refractivity contribution in [2.75, 3.05) is 0 Å². The maximum atomic E-state index is 8.43. The van der Waals surface area contributed by atoms with Gasteiger partial charge in [0.1, 0.15) is 0 Å². The summed E-state index contributed by atoms with van der Waals surface area (Å²) in [6, 6.07) is 7.94. The summed E-state index contributed by atoms with van der Waals surface area (Å²) in [7, 11) is 0. The highest BCUT2D eigenvalue weighted by Crippen LogP contribution is 2.11. The highest BCUT2D eigenvalue weighted by Gasteiger charge is 1.95. The molecular weight excluding hydrogens is 218 g/mol. The Morgan fingerprint density at radius 3 is 2.50 bits per heavy atom. The molecule has 0 spiro atoms. The van der Waals surface area contributed by atoms with Crippen LogP contribution in [0.1, 0.15) is 12.5 Å². The summed E-state index contributed by atoms with van der Waals surface area (Å²) >= 11 is 3.35. The predicted molar refractivity (Wildman–Crippen MR) is 52.7 cm³/mol. The van der Waals surface area contributed by atoms with Gasteiger partial charge in [-0.15, -0.1) is 0 Å². The minimum atomic E-state index is 0.698. The Kier molecular flexibility index (Phi) is 3.29. The van der Waals surface area contributed by atoms with Gasteiger partial charge < -0.3 is 5.21 Å². The van der Waals surface area contributed by atoms with E-state index < -0.39 is 0 Å². The molecule has 0 saturated carbocycles. The van der Waals surface area contributed by atoms with E-state index >= 15 is 0 Å². The normalized spacial score (nSPS) is 11.7. The molecule has 1 rings (SSSR count). The van der Waals surface area contributed by atoms with Gasteiger partial charge in [0.15, 0.2) is 0 Å². The van der Waals surface area contributed by atoms with Crippen LogP contribution in [-0.4, -0.2) is 10.9 Å². The molecule has 2 nitrogen and oxygen atoms in total. The molecule has 1 aromatic rings. The largest absolute Gasteiger partial charge is 0.411 e. The second-order valence-corrected chi connectivity index (χ2v) is 3.55.